The van der Waals surface area contributed by atoms with Crippen molar-refractivity contribution in [3.8, 4) is 28.6 Å². The summed E-state index contributed by atoms with van der Waals surface area (Å²) in [6, 6.07) is 56.7. The van der Waals surface area contributed by atoms with Crippen molar-refractivity contribution in [3.05, 3.63) is 157 Å². The third-order valence-corrected chi connectivity index (χ3v) is 10.6. The number of thiophene rings is 1. The molecule has 0 aliphatic rings. The fourth-order valence-electron chi connectivity index (χ4n) is 7.44. The van der Waals surface area contributed by atoms with Crippen LogP contribution in [0.2, 0.25) is 0 Å². The number of hydrogen-bond acceptors (Lipinski definition) is 2. The zero-order valence-electron chi connectivity index (χ0n) is 25.2. The molecule has 3 nitrogen and oxygen atoms in total. The molecule has 47 heavy (non-hydrogen) atoms. The third-order valence-electron chi connectivity index (χ3n) is 9.51. The molecule has 0 fully saturated rings. The first kappa shape index (κ1) is 26.1. The molecule has 0 N–H and O–H groups in total. The standard InChI is InChI=1S/C43H25N3S/c44-26-27-19-20-42-36(21-27)37-24-35-34-15-3-6-18-40(34)46(41(35)25-43(37)47-42)31-12-8-10-29(23-31)28-9-7-11-30(22-28)45-38-16-4-1-13-32(38)33-14-2-5-17-39(33)45/h1-25H. The summed E-state index contributed by atoms with van der Waals surface area (Å²) in [5.41, 5.74) is 10.1. The minimum absolute atomic E-state index is 0.693. The van der Waals surface area contributed by atoms with Crippen LogP contribution in [0.5, 0.6) is 0 Å². The second-order valence-corrected chi connectivity index (χ2v) is 13.2. The summed E-state index contributed by atoms with van der Waals surface area (Å²) in [5, 5.41) is 16.9. The van der Waals surface area contributed by atoms with Gasteiger partial charge in [-0.2, -0.15) is 5.26 Å². The lowest BCUT2D eigenvalue weighted by Crippen LogP contribution is -1.96. The molecule has 3 heterocycles. The van der Waals surface area contributed by atoms with E-state index in [9.17, 15) is 5.26 Å². The lowest BCUT2D eigenvalue weighted by molar-refractivity contribution is 1.17. The van der Waals surface area contributed by atoms with E-state index in [4.69, 9.17) is 0 Å². The van der Waals surface area contributed by atoms with E-state index in [1.54, 1.807) is 11.3 Å². The number of nitrogens with zero attached hydrogens (tertiary/aromatic N) is 3. The van der Waals surface area contributed by atoms with Crippen molar-refractivity contribution in [1.29, 1.82) is 5.26 Å². The van der Waals surface area contributed by atoms with Crippen LogP contribution in [-0.2, 0) is 0 Å². The van der Waals surface area contributed by atoms with Gasteiger partial charge >= 0.3 is 0 Å². The van der Waals surface area contributed by atoms with E-state index in [1.165, 1.54) is 69.5 Å². The van der Waals surface area contributed by atoms with Crippen molar-refractivity contribution in [2.75, 3.05) is 0 Å². The fourth-order valence-corrected chi connectivity index (χ4v) is 8.54. The van der Waals surface area contributed by atoms with Crippen LogP contribution in [0.4, 0.5) is 0 Å². The van der Waals surface area contributed by atoms with E-state index in [1.807, 2.05) is 12.1 Å². The van der Waals surface area contributed by atoms with E-state index < -0.39 is 0 Å². The monoisotopic (exact) mass is 615 g/mol. The summed E-state index contributed by atoms with van der Waals surface area (Å²) in [7, 11) is 0. The van der Waals surface area contributed by atoms with E-state index in [-0.39, 0.29) is 0 Å². The van der Waals surface area contributed by atoms with Gasteiger partial charge < -0.3 is 9.13 Å². The Morgan fingerprint density at radius 2 is 0.936 bits per heavy atom. The minimum Gasteiger partial charge on any atom is -0.309 e. The number of benzene rings is 7. The highest BCUT2D eigenvalue weighted by atomic mass is 32.1. The predicted molar refractivity (Wildman–Crippen MR) is 198 cm³/mol. The maximum absolute atomic E-state index is 9.55. The molecule has 7 aromatic carbocycles. The Morgan fingerprint density at radius 1 is 0.404 bits per heavy atom. The summed E-state index contributed by atoms with van der Waals surface area (Å²) in [5.74, 6) is 0. The van der Waals surface area contributed by atoms with Crippen molar-refractivity contribution in [2.45, 2.75) is 0 Å². The molecular weight excluding hydrogens is 591 g/mol. The summed E-state index contributed by atoms with van der Waals surface area (Å²) in [6.45, 7) is 0. The van der Waals surface area contributed by atoms with Gasteiger partial charge in [0.2, 0.25) is 0 Å². The first-order chi connectivity index (χ1) is 23.2. The van der Waals surface area contributed by atoms with Crippen LogP contribution in [0, 0.1) is 11.3 Å². The first-order valence-corrected chi connectivity index (χ1v) is 16.6. The van der Waals surface area contributed by atoms with Crippen molar-refractivity contribution in [1.82, 2.24) is 9.13 Å². The Morgan fingerprint density at radius 3 is 1.53 bits per heavy atom. The highest BCUT2D eigenvalue weighted by Gasteiger charge is 2.17. The average Bonchev–Trinajstić information content (AvgIpc) is 3.77. The lowest BCUT2D eigenvalue weighted by Gasteiger charge is -2.12. The molecule has 0 saturated heterocycles. The topological polar surface area (TPSA) is 33.6 Å². The SMILES string of the molecule is N#Cc1ccc2sc3cc4c(cc3c2c1)c1ccccc1n4-c1cccc(-c2cccc(-n3c4ccccc4c4ccccc43)c2)c1. The number of fused-ring (bicyclic) bond motifs is 9. The van der Waals surface area contributed by atoms with Gasteiger partial charge in [-0.1, -0.05) is 78.9 Å². The fraction of sp³-hybridized carbons (Fsp3) is 0. The van der Waals surface area contributed by atoms with Gasteiger partial charge in [-0.25, -0.2) is 0 Å². The molecule has 0 bridgehead atoms. The number of nitriles is 1. The largest absolute Gasteiger partial charge is 0.309 e. The minimum atomic E-state index is 0.693. The molecule has 4 heteroatoms. The molecule has 0 atom stereocenters. The second kappa shape index (κ2) is 9.92. The zero-order chi connectivity index (χ0) is 31.1. The molecular formula is C43H25N3S. The maximum Gasteiger partial charge on any atom is 0.0991 e. The molecule has 0 unspecified atom stereocenters. The van der Waals surface area contributed by atoms with Crippen molar-refractivity contribution >= 4 is 75.1 Å². The molecule has 10 aromatic rings. The van der Waals surface area contributed by atoms with Crippen molar-refractivity contribution in [3.63, 3.8) is 0 Å². The van der Waals surface area contributed by atoms with Gasteiger partial charge in [0, 0.05) is 53.1 Å². The van der Waals surface area contributed by atoms with Crippen LogP contribution in [-0.4, -0.2) is 9.13 Å². The molecule has 0 amide bonds. The quantitative estimate of drug-likeness (QED) is 0.195. The van der Waals surface area contributed by atoms with Gasteiger partial charge in [-0.3, -0.25) is 0 Å². The molecule has 10 rings (SSSR count). The van der Waals surface area contributed by atoms with Crippen LogP contribution in [0.1, 0.15) is 5.56 Å². The lowest BCUT2D eigenvalue weighted by atomic mass is 10.0. The van der Waals surface area contributed by atoms with Crippen LogP contribution < -0.4 is 0 Å². The number of rotatable bonds is 3. The first-order valence-electron chi connectivity index (χ1n) is 15.7. The molecule has 0 aliphatic carbocycles. The summed E-state index contributed by atoms with van der Waals surface area (Å²) in [4.78, 5) is 0. The Labute approximate surface area is 274 Å². The second-order valence-electron chi connectivity index (χ2n) is 12.1. The number of aromatic nitrogens is 2. The summed E-state index contributed by atoms with van der Waals surface area (Å²) < 4.78 is 7.20. The van der Waals surface area contributed by atoms with E-state index in [0.717, 1.165) is 16.8 Å². The Hall–Kier alpha value is -6.15. The Kier molecular flexibility index (Phi) is 5.51. The van der Waals surface area contributed by atoms with Crippen LogP contribution >= 0.6 is 11.3 Å². The molecule has 0 spiro atoms. The van der Waals surface area contributed by atoms with Gasteiger partial charge in [-0.05, 0) is 83.9 Å². The third kappa shape index (κ3) is 3.85. The van der Waals surface area contributed by atoms with Gasteiger partial charge in [0.25, 0.3) is 0 Å². The number of hydrogen-bond donors (Lipinski definition) is 0. The van der Waals surface area contributed by atoms with Gasteiger partial charge in [-0.15, -0.1) is 11.3 Å². The highest BCUT2D eigenvalue weighted by Crippen LogP contribution is 2.41. The highest BCUT2D eigenvalue weighted by molar-refractivity contribution is 7.25. The van der Waals surface area contributed by atoms with Crippen LogP contribution in [0.3, 0.4) is 0 Å². The normalized spacial score (nSPS) is 11.8. The smallest absolute Gasteiger partial charge is 0.0991 e. The van der Waals surface area contributed by atoms with Gasteiger partial charge in [0.05, 0.1) is 33.7 Å². The average molecular weight is 616 g/mol. The molecule has 0 aliphatic heterocycles. The van der Waals surface area contributed by atoms with E-state index >= 15 is 0 Å². The molecule has 3 aromatic heterocycles. The number of para-hydroxylation sites is 3. The van der Waals surface area contributed by atoms with Gasteiger partial charge in [0.15, 0.2) is 0 Å². The Balaban J connectivity index is 1.16. The summed E-state index contributed by atoms with van der Waals surface area (Å²) >= 11 is 1.79. The van der Waals surface area contributed by atoms with E-state index in [0.29, 0.717) is 5.56 Å². The Bertz CT molecular complexity index is 2880. The maximum atomic E-state index is 9.55. The summed E-state index contributed by atoms with van der Waals surface area (Å²) in [6.07, 6.45) is 0. The zero-order valence-corrected chi connectivity index (χ0v) is 26.0. The van der Waals surface area contributed by atoms with Crippen molar-refractivity contribution in [2.24, 2.45) is 0 Å². The predicted octanol–water partition coefficient (Wildman–Crippen LogP) is 11.8. The molecule has 0 radical (unpaired) electrons. The van der Waals surface area contributed by atoms with Crippen molar-refractivity contribution < 1.29 is 0 Å². The van der Waals surface area contributed by atoms with Crippen LogP contribution in [0.15, 0.2) is 152 Å². The van der Waals surface area contributed by atoms with Crippen LogP contribution in [0.25, 0.3) is 86.3 Å². The molecule has 0 saturated carbocycles. The van der Waals surface area contributed by atoms with E-state index in [2.05, 4.69) is 155 Å². The van der Waals surface area contributed by atoms with Gasteiger partial charge in [0.1, 0.15) is 0 Å². The molecule has 218 valence electrons.